The number of carboxylic acid groups (broad SMARTS) is 1. The van der Waals surface area contributed by atoms with Crippen LogP contribution in [-0.4, -0.2) is 28.3 Å². The molecule has 0 bridgehead atoms. The number of methoxy groups -OCH3 is 1. The lowest BCUT2D eigenvalue weighted by Gasteiger charge is -2.25. The SMILES string of the molecule is COC1(c2noc(C3CCCCC3C(=O)O)n2)CCCC1. The minimum absolute atomic E-state index is 0.159. The van der Waals surface area contributed by atoms with E-state index in [0.29, 0.717) is 18.1 Å². The normalized spacial score (nSPS) is 28.6. The molecule has 0 radical (unpaired) electrons. The zero-order chi connectivity index (χ0) is 14.9. The van der Waals surface area contributed by atoms with Gasteiger partial charge < -0.3 is 14.4 Å². The van der Waals surface area contributed by atoms with Crippen LogP contribution in [0.25, 0.3) is 0 Å². The standard InChI is InChI=1S/C15H22N2O4/c1-20-15(8-4-5-9-15)14-16-12(21-17-14)10-6-2-3-7-11(10)13(18)19/h10-11H,2-9H2,1H3,(H,18,19). The Kier molecular flexibility index (Phi) is 3.97. The van der Waals surface area contributed by atoms with Crippen molar-refractivity contribution in [3.05, 3.63) is 11.7 Å². The van der Waals surface area contributed by atoms with Gasteiger partial charge in [-0.3, -0.25) is 4.79 Å². The molecule has 6 heteroatoms. The maximum atomic E-state index is 11.4. The summed E-state index contributed by atoms with van der Waals surface area (Å²) < 4.78 is 11.1. The summed E-state index contributed by atoms with van der Waals surface area (Å²) in [4.78, 5) is 15.9. The van der Waals surface area contributed by atoms with Gasteiger partial charge >= 0.3 is 5.97 Å². The molecule has 2 atom stereocenters. The molecule has 2 aliphatic rings. The van der Waals surface area contributed by atoms with E-state index in [4.69, 9.17) is 9.26 Å². The van der Waals surface area contributed by atoms with Crippen molar-refractivity contribution in [2.75, 3.05) is 7.11 Å². The summed E-state index contributed by atoms with van der Waals surface area (Å²) in [6, 6.07) is 0. The maximum absolute atomic E-state index is 11.4. The number of hydrogen-bond donors (Lipinski definition) is 1. The summed E-state index contributed by atoms with van der Waals surface area (Å²) in [5.41, 5.74) is -0.435. The van der Waals surface area contributed by atoms with Crippen LogP contribution in [0.4, 0.5) is 0 Å². The molecule has 2 aliphatic carbocycles. The van der Waals surface area contributed by atoms with E-state index >= 15 is 0 Å². The summed E-state index contributed by atoms with van der Waals surface area (Å²) >= 11 is 0. The molecule has 0 saturated heterocycles. The van der Waals surface area contributed by atoms with Crippen LogP contribution in [0.2, 0.25) is 0 Å². The maximum Gasteiger partial charge on any atom is 0.307 e. The fourth-order valence-corrected chi connectivity index (χ4v) is 3.76. The highest BCUT2D eigenvalue weighted by Gasteiger charge is 2.42. The number of carbonyl (C=O) groups is 1. The fraction of sp³-hybridized carbons (Fsp3) is 0.800. The van der Waals surface area contributed by atoms with Gasteiger partial charge in [0.05, 0.1) is 11.8 Å². The van der Waals surface area contributed by atoms with Crippen LogP contribution in [0.15, 0.2) is 4.52 Å². The van der Waals surface area contributed by atoms with Gasteiger partial charge in [-0.1, -0.05) is 18.0 Å². The van der Waals surface area contributed by atoms with E-state index in [0.717, 1.165) is 44.9 Å². The summed E-state index contributed by atoms with van der Waals surface area (Å²) in [6.45, 7) is 0. The van der Waals surface area contributed by atoms with Gasteiger partial charge in [0.2, 0.25) is 11.7 Å². The van der Waals surface area contributed by atoms with Gasteiger partial charge in [0, 0.05) is 7.11 Å². The Hall–Kier alpha value is -1.43. The Morgan fingerprint density at radius 2 is 2.00 bits per heavy atom. The third kappa shape index (κ3) is 2.57. The molecule has 2 fully saturated rings. The predicted molar refractivity (Wildman–Crippen MR) is 73.8 cm³/mol. The fourth-order valence-electron chi connectivity index (χ4n) is 3.76. The van der Waals surface area contributed by atoms with Crippen molar-refractivity contribution in [1.29, 1.82) is 0 Å². The van der Waals surface area contributed by atoms with E-state index < -0.39 is 17.5 Å². The lowest BCUT2D eigenvalue weighted by atomic mass is 9.79. The van der Waals surface area contributed by atoms with E-state index in [2.05, 4.69) is 10.1 Å². The summed E-state index contributed by atoms with van der Waals surface area (Å²) in [5, 5.41) is 13.5. The molecule has 21 heavy (non-hydrogen) atoms. The Morgan fingerprint density at radius 3 is 2.67 bits per heavy atom. The van der Waals surface area contributed by atoms with Gasteiger partial charge in [0.25, 0.3) is 0 Å². The zero-order valence-electron chi connectivity index (χ0n) is 12.4. The molecule has 3 rings (SSSR count). The molecule has 1 aromatic rings. The van der Waals surface area contributed by atoms with E-state index in [1.807, 2.05) is 0 Å². The lowest BCUT2D eigenvalue weighted by Crippen LogP contribution is -2.27. The van der Waals surface area contributed by atoms with Crippen LogP contribution < -0.4 is 0 Å². The Morgan fingerprint density at radius 1 is 1.29 bits per heavy atom. The Balaban J connectivity index is 1.85. The van der Waals surface area contributed by atoms with E-state index in [1.54, 1.807) is 7.11 Å². The first-order valence-electron chi connectivity index (χ1n) is 7.78. The Labute approximate surface area is 123 Å². The van der Waals surface area contributed by atoms with Gasteiger partial charge in [-0.05, 0) is 38.5 Å². The molecule has 1 aromatic heterocycles. The number of aromatic nitrogens is 2. The van der Waals surface area contributed by atoms with Crippen LogP contribution in [0.5, 0.6) is 0 Å². The average Bonchev–Trinajstić information content (AvgIpc) is 3.17. The summed E-state index contributed by atoms with van der Waals surface area (Å²) in [7, 11) is 1.68. The van der Waals surface area contributed by atoms with Crippen molar-refractivity contribution in [2.45, 2.75) is 62.9 Å². The highest BCUT2D eigenvalue weighted by molar-refractivity contribution is 5.71. The number of hydrogen-bond acceptors (Lipinski definition) is 5. The molecular formula is C15H22N2O4. The van der Waals surface area contributed by atoms with Crippen molar-refractivity contribution in [2.24, 2.45) is 5.92 Å². The quantitative estimate of drug-likeness (QED) is 0.919. The summed E-state index contributed by atoms with van der Waals surface area (Å²) in [5.74, 6) is -0.267. The van der Waals surface area contributed by atoms with Gasteiger partial charge in [-0.15, -0.1) is 0 Å². The second-order valence-corrected chi connectivity index (χ2v) is 6.20. The smallest absolute Gasteiger partial charge is 0.307 e. The number of nitrogens with zero attached hydrogens (tertiary/aromatic N) is 2. The first-order valence-corrected chi connectivity index (χ1v) is 7.78. The number of aliphatic carboxylic acids is 1. The van der Waals surface area contributed by atoms with E-state index in [9.17, 15) is 9.90 Å². The molecule has 0 spiro atoms. The lowest BCUT2D eigenvalue weighted by molar-refractivity contribution is -0.143. The first-order chi connectivity index (χ1) is 10.2. The average molecular weight is 294 g/mol. The highest BCUT2D eigenvalue weighted by Crippen LogP contribution is 2.42. The molecule has 0 amide bonds. The van der Waals surface area contributed by atoms with Gasteiger partial charge in [0.1, 0.15) is 5.60 Å². The number of carboxylic acids is 1. The van der Waals surface area contributed by atoms with Crippen LogP contribution in [-0.2, 0) is 15.1 Å². The molecular weight excluding hydrogens is 272 g/mol. The van der Waals surface area contributed by atoms with E-state index in [1.165, 1.54) is 0 Å². The zero-order valence-corrected chi connectivity index (χ0v) is 12.4. The van der Waals surface area contributed by atoms with Crippen LogP contribution in [0, 0.1) is 5.92 Å². The number of ether oxygens (including phenoxy) is 1. The first kappa shape index (κ1) is 14.5. The van der Waals surface area contributed by atoms with Crippen LogP contribution >= 0.6 is 0 Å². The number of rotatable bonds is 4. The van der Waals surface area contributed by atoms with Gasteiger partial charge in [0.15, 0.2) is 0 Å². The third-order valence-electron chi connectivity index (χ3n) is 5.05. The van der Waals surface area contributed by atoms with Crippen molar-refractivity contribution in [3.63, 3.8) is 0 Å². The minimum atomic E-state index is -0.762. The largest absolute Gasteiger partial charge is 0.481 e. The van der Waals surface area contributed by atoms with Crippen molar-refractivity contribution in [1.82, 2.24) is 10.1 Å². The van der Waals surface area contributed by atoms with Crippen molar-refractivity contribution >= 4 is 5.97 Å². The molecule has 1 N–H and O–H groups in total. The molecule has 0 aliphatic heterocycles. The Bertz CT molecular complexity index is 508. The second kappa shape index (κ2) is 5.75. The van der Waals surface area contributed by atoms with Gasteiger partial charge in [-0.2, -0.15) is 4.98 Å². The third-order valence-corrected chi connectivity index (χ3v) is 5.05. The highest BCUT2D eigenvalue weighted by atomic mass is 16.5. The molecule has 2 saturated carbocycles. The van der Waals surface area contributed by atoms with Crippen molar-refractivity contribution in [3.8, 4) is 0 Å². The predicted octanol–water partition coefficient (Wildman–Crippen LogP) is 2.84. The molecule has 2 unspecified atom stereocenters. The monoisotopic (exact) mass is 294 g/mol. The molecule has 0 aromatic carbocycles. The van der Waals surface area contributed by atoms with Crippen LogP contribution in [0.3, 0.4) is 0 Å². The molecule has 116 valence electrons. The topological polar surface area (TPSA) is 85.5 Å². The van der Waals surface area contributed by atoms with E-state index in [-0.39, 0.29) is 5.92 Å². The molecule has 6 nitrogen and oxygen atoms in total. The second-order valence-electron chi connectivity index (χ2n) is 6.20. The van der Waals surface area contributed by atoms with Crippen molar-refractivity contribution < 1.29 is 19.2 Å². The molecule has 1 heterocycles. The minimum Gasteiger partial charge on any atom is -0.481 e. The summed E-state index contributed by atoms with van der Waals surface area (Å²) in [6.07, 6.45) is 7.45. The van der Waals surface area contributed by atoms with Crippen LogP contribution in [0.1, 0.15) is 69.0 Å². The van der Waals surface area contributed by atoms with Gasteiger partial charge in [-0.25, -0.2) is 0 Å².